The number of H-pyrrole nitrogens is 1. The van der Waals surface area contributed by atoms with E-state index < -0.39 is 25.0 Å². The molecule has 12 heteroatoms. The van der Waals surface area contributed by atoms with Crippen LogP contribution >= 0.6 is 0 Å². The van der Waals surface area contributed by atoms with Crippen LogP contribution in [-0.2, 0) is 25.9 Å². The number of aromatic amines is 1. The molecule has 1 aliphatic heterocycles. The number of aryl methyl sites for hydroxylation is 2. The normalized spacial score (nSPS) is 13.7. The molecule has 182 valence electrons. The number of hydrogen-bond donors (Lipinski definition) is 2. The zero-order chi connectivity index (χ0) is 24.4. The summed E-state index contributed by atoms with van der Waals surface area (Å²) < 4.78 is 39.6. The van der Waals surface area contributed by atoms with Gasteiger partial charge in [-0.1, -0.05) is 6.07 Å². The quantitative estimate of drug-likeness (QED) is 0.418. The summed E-state index contributed by atoms with van der Waals surface area (Å²) in [6.07, 6.45) is 2.58. The van der Waals surface area contributed by atoms with Gasteiger partial charge in [-0.3, -0.25) is 14.5 Å². The Morgan fingerprint density at radius 3 is 2.91 bits per heavy atom. The van der Waals surface area contributed by atoms with E-state index in [0.717, 1.165) is 22.5 Å². The van der Waals surface area contributed by atoms with Crippen LogP contribution < -0.4 is 10.2 Å². The van der Waals surface area contributed by atoms with Gasteiger partial charge in [0.25, 0.3) is 5.91 Å². The number of rotatable bonds is 7. The summed E-state index contributed by atoms with van der Waals surface area (Å²) in [6.45, 7) is 1.04. The highest BCUT2D eigenvalue weighted by atomic mass is 19.4. The number of nitrogens with zero attached hydrogens (tertiary/aromatic N) is 6. The molecule has 4 aromatic rings. The maximum Gasteiger partial charge on any atom is 0.390 e. The molecule has 0 saturated carbocycles. The van der Waals surface area contributed by atoms with Crippen molar-refractivity contribution >= 4 is 22.8 Å². The first-order valence-electron chi connectivity index (χ1n) is 11.2. The van der Waals surface area contributed by atoms with Gasteiger partial charge in [0.15, 0.2) is 5.69 Å². The lowest BCUT2D eigenvalue weighted by atomic mass is 10.0. The molecular formula is C23H23F3N8O. The summed E-state index contributed by atoms with van der Waals surface area (Å²) in [5.41, 5.74) is 3.50. The van der Waals surface area contributed by atoms with Crippen LogP contribution in [0.2, 0.25) is 0 Å². The van der Waals surface area contributed by atoms with E-state index in [4.69, 9.17) is 0 Å². The molecule has 5 rings (SSSR count). The van der Waals surface area contributed by atoms with Gasteiger partial charge in [0.1, 0.15) is 17.8 Å². The van der Waals surface area contributed by atoms with Gasteiger partial charge in [-0.15, -0.1) is 0 Å². The van der Waals surface area contributed by atoms with Crippen LogP contribution in [0.15, 0.2) is 43.1 Å². The predicted molar refractivity (Wildman–Crippen MR) is 122 cm³/mol. The summed E-state index contributed by atoms with van der Waals surface area (Å²) >= 11 is 0. The zero-order valence-electron chi connectivity index (χ0n) is 18.7. The number of carbonyl (C=O) groups excluding carboxylic acids is 1. The van der Waals surface area contributed by atoms with E-state index in [2.05, 4.69) is 30.4 Å². The van der Waals surface area contributed by atoms with Crippen molar-refractivity contribution < 1.29 is 18.0 Å². The fourth-order valence-corrected chi connectivity index (χ4v) is 4.33. The number of pyridine rings is 1. The molecule has 4 aromatic heterocycles. The van der Waals surface area contributed by atoms with Crippen LogP contribution in [0, 0.1) is 0 Å². The lowest BCUT2D eigenvalue weighted by Gasteiger charge is -2.29. The largest absolute Gasteiger partial charge is 0.390 e. The highest BCUT2D eigenvalue weighted by Gasteiger charge is 2.31. The van der Waals surface area contributed by atoms with Crippen LogP contribution in [0.1, 0.15) is 33.7 Å². The van der Waals surface area contributed by atoms with Gasteiger partial charge in [0.2, 0.25) is 0 Å². The Kier molecular flexibility index (Phi) is 6.10. The van der Waals surface area contributed by atoms with Gasteiger partial charge in [0, 0.05) is 62.4 Å². The topological polar surface area (TPSA) is 105 Å². The number of carbonyl (C=O) groups is 1. The first kappa shape index (κ1) is 22.8. The van der Waals surface area contributed by atoms with E-state index in [1.165, 1.54) is 6.33 Å². The minimum absolute atomic E-state index is 0.150. The maximum absolute atomic E-state index is 12.9. The van der Waals surface area contributed by atoms with Crippen LogP contribution in [0.5, 0.6) is 0 Å². The van der Waals surface area contributed by atoms with Crippen molar-refractivity contribution in [2.75, 3.05) is 18.0 Å². The Morgan fingerprint density at radius 2 is 2.11 bits per heavy atom. The summed E-state index contributed by atoms with van der Waals surface area (Å²) in [7, 11) is 0. The average molecular weight is 484 g/mol. The number of nitrogens with one attached hydrogen (secondary N) is 2. The van der Waals surface area contributed by atoms with E-state index in [1.807, 2.05) is 23.1 Å². The van der Waals surface area contributed by atoms with E-state index in [-0.39, 0.29) is 5.69 Å². The van der Waals surface area contributed by atoms with Crippen LogP contribution in [0.4, 0.5) is 19.0 Å². The van der Waals surface area contributed by atoms with Crippen LogP contribution in [-0.4, -0.2) is 54.9 Å². The second-order valence-corrected chi connectivity index (χ2v) is 8.34. The molecule has 0 bridgehead atoms. The molecule has 0 aromatic carbocycles. The van der Waals surface area contributed by atoms with Crippen molar-refractivity contribution in [1.29, 1.82) is 0 Å². The molecule has 0 fully saturated rings. The first-order valence-corrected chi connectivity index (χ1v) is 11.2. The van der Waals surface area contributed by atoms with Gasteiger partial charge in [-0.25, -0.2) is 9.97 Å². The molecule has 2 N–H and O–H groups in total. The molecule has 0 radical (unpaired) electrons. The number of fused-ring (bicyclic) bond motifs is 2. The SMILES string of the molecule is O=C(NCCC(F)(F)F)c1nn(CCc2cccnc2)c2c1CN(c1ncnc3[nH]ccc13)CC2. The van der Waals surface area contributed by atoms with E-state index in [1.54, 1.807) is 23.3 Å². The second-order valence-electron chi connectivity index (χ2n) is 8.34. The molecule has 0 saturated heterocycles. The summed E-state index contributed by atoms with van der Waals surface area (Å²) in [4.78, 5) is 30.8. The lowest BCUT2D eigenvalue weighted by molar-refractivity contribution is -0.133. The Hall–Kier alpha value is -3.96. The highest BCUT2D eigenvalue weighted by Crippen LogP contribution is 2.30. The molecule has 0 atom stereocenters. The highest BCUT2D eigenvalue weighted by molar-refractivity contribution is 5.94. The molecule has 1 aliphatic rings. The van der Waals surface area contributed by atoms with E-state index >= 15 is 0 Å². The van der Waals surface area contributed by atoms with Crippen molar-refractivity contribution in [1.82, 2.24) is 35.0 Å². The first-order chi connectivity index (χ1) is 16.9. The number of hydrogen-bond acceptors (Lipinski definition) is 6. The van der Waals surface area contributed by atoms with Crippen LogP contribution in [0.3, 0.4) is 0 Å². The minimum atomic E-state index is -4.35. The van der Waals surface area contributed by atoms with E-state index in [0.29, 0.717) is 43.7 Å². The van der Waals surface area contributed by atoms with Gasteiger partial charge < -0.3 is 15.2 Å². The molecule has 0 unspecified atom stereocenters. The molecule has 0 spiro atoms. The Balaban J connectivity index is 1.42. The average Bonchev–Trinajstić information content (AvgIpc) is 3.47. The van der Waals surface area contributed by atoms with Crippen LogP contribution in [0.25, 0.3) is 11.0 Å². The number of aromatic nitrogens is 6. The monoisotopic (exact) mass is 484 g/mol. The fraction of sp³-hybridized carbons (Fsp3) is 0.348. The summed E-state index contributed by atoms with van der Waals surface area (Å²) in [6, 6.07) is 5.71. The molecule has 5 heterocycles. The second kappa shape index (κ2) is 9.35. The third kappa shape index (κ3) is 4.96. The molecule has 35 heavy (non-hydrogen) atoms. The third-order valence-electron chi connectivity index (χ3n) is 6.01. The van der Waals surface area contributed by atoms with Crippen molar-refractivity contribution in [3.8, 4) is 0 Å². The Bertz CT molecular complexity index is 1330. The standard InChI is InChI=1S/C23H23F3N8O/c24-23(25,26)6-9-29-22(35)19-17-13-33(21-16-3-8-28-20(16)30-14-31-21)10-5-18(17)34(32-19)11-4-15-2-1-7-27-12-15/h1-3,7-8,12,14H,4-6,9-11,13H2,(H,29,35)(H,28,30,31). The number of amides is 1. The lowest BCUT2D eigenvalue weighted by Crippen LogP contribution is -2.34. The molecule has 9 nitrogen and oxygen atoms in total. The van der Waals surface area contributed by atoms with Gasteiger partial charge in [-0.05, 0) is 24.1 Å². The number of halogens is 3. The van der Waals surface area contributed by atoms with Crippen molar-refractivity contribution in [3.05, 3.63) is 65.6 Å². The van der Waals surface area contributed by atoms with Crippen molar-refractivity contribution in [2.45, 2.75) is 38.5 Å². The Labute approximate surface area is 198 Å². The Morgan fingerprint density at radius 1 is 1.23 bits per heavy atom. The smallest absolute Gasteiger partial charge is 0.351 e. The fourth-order valence-electron chi connectivity index (χ4n) is 4.33. The van der Waals surface area contributed by atoms with E-state index in [9.17, 15) is 18.0 Å². The van der Waals surface area contributed by atoms with Crippen molar-refractivity contribution in [2.24, 2.45) is 0 Å². The third-order valence-corrected chi connectivity index (χ3v) is 6.01. The molecule has 1 amide bonds. The molecule has 0 aliphatic carbocycles. The van der Waals surface area contributed by atoms with Gasteiger partial charge in [0.05, 0.1) is 11.8 Å². The zero-order valence-corrected chi connectivity index (χ0v) is 18.7. The van der Waals surface area contributed by atoms with Gasteiger partial charge in [-0.2, -0.15) is 18.3 Å². The van der Waals surface area contributed by atoms with Crippen molar-refractivity contribution in [3.63, 3.8) is 0 Å². The minimum Gasteiger partial charge on any atom is -0.351 e. The summed E-state index contributed by atoms with van der Waals surface area (Å²) in [5.74, 6) is 0.121. The molecular weight excluding hydrogens is 461 g/mol. The predicted octanol–water partition coefficient (Wildman–Crippen LogP) is 3.04. The van der Waals surface area contributed by atoms with Gasteiger partial charge >= 0.3 is 6.18 Å². The summed E-state index contributed by atoms with van der Waals surface area (Å²) in [5, 5.41) is 7.78. The number of anilines is 1. The number of alkyl halides is 3. The maximum atomic E-state index is 12.9.